The number of nitrogens with zero attached hydrogens (tertiary/aromatic N) is 3. The highest BCUT2D eigenvalue weighted by atomic mass is 32.1. The third-order valence-electron chi connectivity index (χ3n) is 6.86. The number of carbonyl (C=O) groups is 1. The van der Waals surface area contributed by atoms with Gasteiger partial charge in [0.25, 0.3) is 5.56 Å². The molecule has 0 unspecified atom stereocenters. The van der Waals surface area contributed by atoms with E-state index in [1.54, 1.807) is 11.3 Å². The molecule has 1 saturated heterocycles. The fourth-order valence-corrected chi connectivity index (χ4v) is 5.87. The Hall–Kier alpha value is -2.25. The molecule has 0 bridgehead atoms. The van der Waals surface area contributed by atoms with Gasteiger partial charge in [-0.1, -0.05) is 18.2 Å². The summed E-state index contributed by atoms with van der Waals surface area (Å²) in [6, 6.07) is 4.22. The van der Waals surface area contributed by atoms with E-state index < -0.39 is 0 Å². The number of aromatic nitrogens is 2. The summed E-state index contributed by atoms with van der Waals surface area (Å²) in [7, 11) is 0. The number of allylic oxidation sites excluding steroid dienone is 2. The van der Waals surface area contributed by atoms with Gasteiger partial charge in [0.2, 0.25) is 5.91 Å². The summed E-state index contributed by atoms with van der Waals surface area (Å²) in [6.45, 7) is 3.95. The first-order chi connectivity index (χ1) is 15.2. The molecule has 1 amide bonds. The van der Waals surface area contributed by atoms with Gasteiger partial charge in [0, 0.05) is 55.9 Å². The van der Waals surface area contributed by atoms with Gasteiger partial charge < -0.3 is 9.88 Å². The summed E-state index contributed by atoms with van der Waals surface area (Å²) in [6.07, 6.45) is 9.86. The van der Waals surface area contributed by atoms with Crippen molar-refractivity contribution >= 4 is 17.2 Å². The number of piperidine rings is 1. The van der Waals surface area contributed by atoms with Gasteiger partial charge in [0.15, 0.2) is 0 Å². The highest BCUT2D eigenvalue weighted by molar-refractivity contribution is 7.09. The quantitative estimate of drug-likeness (QED) is 0.743. The van der Waals surface area contributed by atoms with Crippen LogP contribution in [0, 0.1) is 5.92 Å². The number of fused-ring (bicyclic) bond motifs is 1. The SMILES string of the molecule is O=C([C@@H]1CC=CCC1)N1CCC[C@H](c2nc3c(c(=O)[nH]2)CN(Cc2cccs2)CC3)C1. The number of aromatic amines is 1. The molecule has 3 aliphatic rings. The predicted octanol–water partition coefficient (Wildman–Crippen LogP) is 3.45. The van der Waals surface area contributed by atoms with E-state index in [0.717, 1.165) is 75.2 Å². The topological polar surface area (TPSA) is 69.3 Å². The van der Waals surface area contributed by atoms with Crippen molar-refractivity contribution in [2.45, 2.75) is 57.5 Å². The van der Waals surface area contributed by atoms with E-state index in [1.807, 2.05) is 4.90 Å². The maximum absolute atomic E-state index is 13.0. The Morgan fingerprint density at radius 1 is 1.26 bits per heavy atom. The lowest BCUT2D eigenvalue weighted by atomic mass is 9.90. The second-order valence-electron chi connectivity index (χ2n) is 9.02. The van der Waals surface area contributed by atoms with E-state index in [1.165, 1.54) is 4.88 Å². The van der Waals surface area contributed by atoms with Crippen LogP contribution < -0.4 is 5.56 Å². The van der Waals surface area contributed by atoms with Crippen LogP contribution in [0.15, 0.2) is 34.5 Å². The Morgan fingerprint density at radius 3 is 3.00 bits per heavy atom. The zero-order valence-electron chi connectivity index (χ0n) is 17.9. The Morgan fingerprint density at radius 2 is 2.19 bits per heavy atom. The fourth-order valence-electron chi connectivity index (χ4n) is 5.13. The maximum atomic E-state index is 13.0. The zero-order chi connectivity index (χ0) is 21.2. The van der Waals surface area contributed by atoms with Crippen LogP contribution in [0.5, 0.6) is 0 Å². The second-order valence-corrected chi connectivity index (χ2v) is 10.1. The summed E-state index contributed by atoms with van der Waals surface area (Å²) in [5.74, 6) is 1.29. The lowest BCUT2D eigenvalue weighted by Crippen LogP contribution is -2.43. The zero-order valence-corrected chi connectivity index (χ0v) is 18.7. The van der Waals surface area contributed by atoms with E-state index >= 15 is 0 Å². The molecule has 0 saturated carbocycles. The smallest absolute Gasteiger partial charge is 0.255 e. The minimum Gasteiger partial charge on any atom is -0.342 e. The summed E-state index contributed by atoms with van der Waals surface area (Å²) < 4.78 is 0. The average Bonchev–Trinajstić information content (AvgIpc) is 3.32. The lowest BCUT2D eigenvalue weighted by Gasteiger charge is -2.35. The van der Waals surface area contributed by atoms with Crippen molar-refractivity contribution in [3.63, 3.8) is 0 Å². The number of H-pyrrole nitrogens is 1. The van der Waals surface area contributed by atoms with Crippen LogP contribution in [-0.4, -0.2) is 45.3 Å². The molecule has 0 aromatic carbocycles. The van der Waals surface area contributed by atoms with Crippen molar-refractivity contribution in [3.05, 3.63) is 62.0 Å². The van der Waals surface area contributed by atoms with Gasteiger partial charge in [0.05, 0.1) is 11.3 Å². The third-order valence-corrected chi connectivity index (χ3v) is 7.72. The van der Waals surface area contributed by atoms with E-state index in [2.05, 4.69) is 39.5 Å². The summed E-state index contributed by atoms with van der Waals surface area (Å²) in [5, 5.41) is 2.09. The van der Waals surface area contributed by atoms with Gasteiger partial charge in [-0.15, -0.1) is 11.3 Å². The lowest BCUT2D eigenvalue weighted by molar-refractivity contribution is -0.137. The minimum atomic E-state index is -0.00301. The first-order valence-electron chi connectivity index (χ1n) is 11.5. The number of hydrogen-bond acceptors (Lipinski definition) is 5. The van der Waals surface area contributed by atoms with E-state index in [4.69, 9.17) is 4.98 Å². The molecule has 7 heteroatoms. The first-order valence-corrected chi connectivity index (χ1v) is 12.4. The molecule has 31 heavy (non-hydrogen) atoms. The minimum absolute atomic E-state index is 0.00301. The van der Waals surface area contributed by atoms with E-state index in [9.17, 15) is 9.59 Å². The molecule has 2 aromatic heterocycles. The van der Waals surface area contributed by atoms with Crippen LogP contribution in [0.1, 0.15) is 60.0 Å². The molecular weight excluding hydrogens is 408 g/mol. The average molecular weight is 439 g/mol. The highest BCUT2D eigenvalue weighted by Gasteiger charge is 2.31. The molecule has 0 spiro atoms. The molecule has 2 atom stereocenters. The summed E-state index contributed by atoms with van der Waals surface area (Å²) >= 11 is 1.76. The number of thiophene rings is 1. The van der Waals surface area contributed by atoms with Gasteiger partial charge in [-0.2, -0.15) is 0 Å². The van der Waals surface area contributed by atoms with Crippen molar-refractivity contribution in [2.24, 2.45) is 5.92 Å². The number of nitrogens with one attached hydrogen (secondary N) is 1. The van der Waals surface area contributed by atoms with Crippen LogP contribution in [0.4, 0.5) is 0 Å². The van der Waals surface area contributed by atoms with Gasteiger partial charge in [-0.25, -0.2) is 4.98 Å². The van der Waals surface area contributed by atoms with Crippen LogP contribution in [0.2, 0.25) is 0 Å². The molecule has 2 aliphatic heterocycles. The molecule has 2 aromatic rings. The summed E-state index contributed by atoms with van der Waals surface area (Å²) in [4.78, 5) is 39.6. The molecule has 6 nitrogen and oxygen atoms in total. The number of rotatable bonds is 4. The largest absolute Gasteiger partial charge is 0.342 e. The van der Waals surface area contributed by atoms with Crippen molar-refractivity contribution in [1.82, 2.24) is 19.8 Å². The molecule has 1 N–H and O–H groups in total. The van der Waals surface area contributed by atoms with Crippen molar-refractivity contribution in [3.8, 4) is 0 Å². The monoisotopic (exact) mass is 438 g/mol. The van der Waals surface area contributed by atoms with Gasteiger partial charge >= 0.3 is 0 Å². The summed E-state index contributed by atoms with van der Waals surface area (Å²) in [5.41, 5.74) is 1.75. The Labute approximate surface area is 187 Å². The van der Waals surface area contributed by atoms with Gasteiger partial charge in [-0.3, -0.25) is 14.5 Å². The van der Waals surface area contributed by atoms with Crippen LogP contribution in [-0.2, 0) is 24.3 Å². The molecule has 4 heterocycles. The van der Waals surface area contributed by atoms with Crippen LogP contribution >= 0.6 is 11.3 Å². The molecule has 5 rings (SSSR count). The normalized spacial score (nSPS) is 24.2. The highest BCUT2D eigenvalue weighted by Crippen LogP contribution is 2.29. The molecular formula is C24H30N4O2S. The predicted molar refractivity (Wildman–Crippen MR) is 122 cm³/mol. The van der Waals surface area contributed by atoms with Crippen molar-refractivity contribution in [1.29, 1.82) is 0 Å². The van der Waals surface area contributed by atoms with Crippen LogP contribution in [0.3, 0.4) is 0 Å². The van der Waals surface area contributed by atoms with Crippen molar-refractivity contribution in [2.75, 3.05) is 19.6 Å². The Bertz CT molecular complexity index is 1010. The van der Waals surface area contributed by atoms with Crippen LogP contribution in [0.25, 0.3) is 0 Å². The fraction of sp³-hybridized carbons (Fsp3) is 0.542. The first kappa shape index (κ1) is 20.6. The Balaban J connectivity index is 1.29. The number of hydrogen-bond donors (Lipinski definition) is 1. The van der Waals surface area contributed by atoms with Gasteiger partial charge in [0.1, 0.15) is 5.82 Å². The standard InChI is InChI=1S/C24H30N4O2S/c29-23-20-16-27(15-19-9-5-13-31-19)12-10-21(20)25-22(26-23)18-8-4-11-28(14-18)24(30)17-6-2-1-3-7-17/h1-2,5,9,13,17-18H,3-4,6-8,10-12,14-16H2,(H,25,26,29)/t17-,18+/m1/s1. The molecule has 1 fully saturated rings. The Kier molecular flexibility index (Phi) is 6.05. The van der Waals surface area contributed by atoms with Crippen molar-refractivity contribution < 1.29 is 4.79 Å². The third kappa shape index (κ3) is 4.53. The number of likely N-dealkylation sites (tertiary alicyclic amines) is 1. The molecule has 164 valence electrons. The number of amides is 1. The van der Waals surface area contributed by atoms with E-state index in [0.29, 0.717) is 13.1 Å². The number of carbonyl (C=O) groups excluding carboxylic acids is 1. The van der Waals surface area contributed by atoms with E-state index in [-0.39, 0.29) is 23.3 Å². The second kappa shape index (κ2) is 9.09. The maximum Gasteiger partial charge on any atom is 0.255 e. The van der Waals surface area contributed by atoms with Gasteiger partial charge in [-0.05, 0) is 43.6 Å². The molecule has 0 radical (unpaired) electrons. The molecule has 1 aliphatic carbocycles.